The third-order valence-electron chi connectivity index (χ3n) is 5.05. The lowest BCUT2D eigenvalue weighted by molar-refractivity contribution is -0.134. The minimum absolute atomic E-state index is 0.0432. The maximum atomic E-state index is 12.2. The van der Waals surface area contributed by atoms with E-state index in [1.54, 1.807) is 24.8 Å². The highest BCUT2D eigenvalue weighted by Gasteiger charge is 2.25. The standard InChI is InChI=1S/C21H24N4O2S/c1-14(2)21(26)25-10-8-24(9-11-25)20-19-17(22-13-23-20)12-18(28-19)15-4-6-16(27-3)7-5-15/h4-7,12-14H,8-11H2,1-3H3. The van der Waals surface area contributed by atoms with Crippen molar-refractivity contribution in [2.24, 2.45) is 5.92 Å². The molecule has 0 radical (unpaired) electrons. The van der Waals surface area contributed by atoms with E-state index < -0.39 is 0 Å². The van der Waals surface area contributed by atoms with Crippen LogP contribution in [-0.4, -0.2) is 54.1 Å². The number of methoxy groups -OCH3 is 1. The Bertz CT molecular complexity index is 976. The molecule has 146 valence electrons. The zero-order valence-electron chi connectivity index (χ0n) is 16.4. The highest BCUT2D eigenvalue weighted by atomic mass is 32.1. The van der Waals surface area contributed by atoms with Gasteiger partial charge in [-0.3, -0.25) is 4.79 Å². The van der Waals surface area contributed by atoms with Gasteiger partial charge >= 0.3 is 0 Å². The molecule has 6 nitrogen and oxygen atoms in total. The Morgan fingerprint density at radius 3 is 2.46 bits per heavy atom. The van der Waals surface area contributed by atoms with Crippen molar-refractivity contribution >= 4 is 33.3 Å². The van der Waals surface area contributed by atoms with Crippen LogP contribution in [0.1, 0.15) is 13.8 Å². The van der Waals surface area contributed by atoms with Crippen LogP contribution in [0.3, 0.4) is 0 Å². The zero-order chi connectivity index (χ0) is 19.7. The molecule has 4 rings (SSSR count). The van der Waals surface area contributed by atoms with E-state index in [4.69, 9.17) is 4.74 Å². The van der Waals surface area contributed by atoms with Crippen LogP contribution in [0.5, 0.6) is 5.75 Å². The number of thiophene rings is 1. The van der Waals surface area contributed by atoms with Crippen LogP contribution in [0.4, 0.5) is 5.82 Å². The van der Waals surface area contributed by atoms with Crippen LogP contribution in [-0.2, 0) is 4.79 Å². The predicted molar refractivity (Wildman–Crippen MR) is 113 cm³/mol. The average Bonchev–Trinajstić information content (AvgIpc) is 3.17. The van der Waals surface area contributed by atoms with Crippen LogP contribution in [0.2, 0.25) is 0 Å². The number of carbonyl (C=O) groups excluding carboxylic acids is 1. The summed E-state index contributed by atoms with van der Waals surface area (Å²) >= 11 is 1.71. The van der Waals surface area contributed by atoms with E-state index in [1.165, 1.54) is 0 Å². The summed E-state index contributed by atoms with van der Waals surface area (Å²) in [6, 6.07) is 10.2. The minimum Gasteiger partial charge on any atom is -0.497 e. The molecule has 3 heterocycles. The Morgan fingerprint density at radius 1 is 1.11 bits per heavy atom. The fraction of sp³-hybridized carbons (Fsp3) is 0.381. The number of aromatic nitrogens is 2. The van der Waals surface area contributed by atoms with Crippen LogP contribution in [0.25, 0.3) is 20.7 Å². The van der Waals surface area contributed by atoms with E-state index in [-0.39, 0.29) is 11.8 Å². The third-order valence-corrected chi connectivity index (χ3v) is 6.22. The van der Waals surface area contributed by atoms with E-state index >= 15 is 0 Å². The van der Waals surface area contributed by atoms with Gasteiger partial charge in [0, 0.05) is 37.0 Å². The number of fused-ring (bicyclic) bond motifs is 1. The molecular weight excluding hydrogens is 372 g/mol. The molecule has 1 aliphatic rings. The Balaban J connectivity index is 1.58. The smallest absolute Gasteiger partial charge is 0.225 e. The number of ether oxygens (including phenoxy) is 1. The van der Waals surface area contributed by atoms with Gasteiger partial charge in [-0.05, 0) is 35.9 Å². The van der Waals surface area contributed by atoms with Gasteiger partial charge in [0.15, 0.2) is 0 Å². The van der Waals surface area contributed by atoms with Crippen molar-refractivity contribution in [3.63, 3.8) is 0 Å². The van der Waals surface area contributed by atoms with Gasteiger partial charge in [0.1, 0.15) is 17.9 Å². The van der Waals surface area contributed by atoms with Crippen molar-refractivity contribution in [1.29, 1.82) is 0 Å². The number of nitrogens with zero attached hydrogens (tertiary/aromatic N) is 4. The van der Waals surface area contributed by atoms with Gasteiger partial charge in [-0.2, -0.15) is 0 Å². The summed E-state index contributed by atoms with van der Waals surface area (Å²) in [5.74, 6) is 2.08. The Hall–Kier alpha value is -2.67. The molecule has 1 amide bonds. The summed E-state index contributed by atoms with van der Waals surface area (Å²) in [4.78, 5) is 26.7. The number of carbonyl (C=O) groups is 1. The number of hydrogen-bond acceptors (Lipinski definition) is 6. The largest absolute Gasteiger partial charge is 0.497 e. The van der Waals surface area contributed by atoms with E-state index in [0.29, 0.717) is 0 Å². The number of amides is 1. The minimum atomic E-state index is 0.0432. The van der Waals surface area contributed by atoms with Crippen molar-refractivity contribution < 1.29 is 9.53 Å². The number of piperazine rings is 1. The summed E-state index contributed by atoms with van der Waals surface area (Å²) in [5, 5.41) is 0. The summed E-state index contributed by atoms with van der Waals surface area (Å²) < 4.78 is 6.34. The lowest BCUT2D eigenvalue weighted by Gasteiger charge is -2.36. The van der Waals surface area contributed by atoms with Gasteiger partial charge in [-0.25, -0.2) is 9.97 Å². The Morgan fingerprint density at radius 2 is 1.82 bits per heavy atom. The molecular formula is C21H24N4O2S. The maximum absolute atomic E-state index is 12.2. The first-order chi connectivity index (χ1) is 13.6. The molecule has 7 heteroatoms. The molecule has 1 saturated heterocycles. The summed E-state index contributed by atoms with van der Waals surface area (Å²) in [5.41, 5.74) is 2.10. The first-order valence-electron chi connectivity index (χ1n) is 9.49. The quantitative estimate of drug-likeness (QED) is 0.673. The van der Waals surface area contributed by atoms with Crippen molar-refractivity contribution in [2.45, 2.75) is 13.8 Å². The van der Waals surface area contributed by atoms with Crippen molar-refractivity contribution in [2.75, 3.05) is 38.2 Å². The molecule has 0 bridgehead atoms. The SMILES string of the molecule is COc1ccc(-c2cc3ncnc(N4CCN(C(=O)C(C)C)CC4)c3s2)cc1. The third kappa shape index (κ3) is 3.54. The fourth-order valence-electron chi connectivity index (χ4n) is 3.47. The van der Waals surface area contributed by atoms with Gasteiger partial charge < -0.3 is 14.5 Å². The van der Waals surface area contributed by atoms with Gasteiger partial charge in [0.05, 0.1) is 17.3 Å². The number of rotatable bonds is 4. The van der Waals surface area contributed by atoms with Crippen LogP contribution < -0.4 is 9.64 Å². The second-order valence-electron chi connectivity index (χ2n) is 7.22. The molecule has 0 aliphatic carbocycles. The molecule has 3 aromatic rings. The Labute approximate surface area is 168 Å². The molecule has 1 aliphatic heterocycles. The van der Waals surface area contributed by atoms with Crippen LogP contribution >= 0.6 is 11.3 Å². The van der Waals surface area contributed by atoms with Gasteiger partial charge in [-0.15, -0.1) is 11.3 Å². The van der Waals surface area contributed by atoms with Crippen molar-refractivity contribution in [3.8, 4) is 16.2 Å². The molecule has 0 unspecified atom stereocenters. The summed E-state index contributed by atoms with van der Waals surface area (Å²) in [6.45, 7) is 6.96. The average molecular weight is 397 g/mol. The molecule has 2 aromatic heterocycles. The fourth-order valence-corrected chi connectivity index (χ4v) is 4.60. The summed E-state index contributed by atoms with van der Waals surface area (Å²) in [6.07, 6.45) is 1.63. The maximum Gasteiger partial charge on any atom is 0.225 e. The number of hydrogen-bond donors (Lipinski definition) is 0. The molecule has 0 spiro atoms. The van der Waals surface area contributed by atoms with E-state index in [1.807, 2.05) is 30.9 Å². The lowest BCUT2D eigenvalue weighted by Crippen LogP contribution is -2.50. The topological polar surface area (TPSA) is 58.6 Å². The second-order valence-corrected chi connectivity index (χ2v) is 8.27. The van der Waals surface area contributed by atoms with E-state index in [9.17, 15) is 4.79 Å². The molecule has 0 atom stereocenters. The van der Waals surface area contributed by atoms with Crippen molar-refractivity contribution in [3.05, 3.63) is 36.7 Å². The first-order valence-corrected chi connectivity index (χ1v) is 10.3. The van der Waals surface area contributed by atoms with Gasteiger partial charge in [0.2, 0.25) is 5.91 Å². The number of anilines is 1. The monoisotopic (exact) mass is 396 g/mol. The molecule has 28 heavy (non-hydrogen) atoms. The lowest BCUT2D eigenvalue weighted by atomic mass is 10.1. The molecule has 0 saturated carbocycles. The normalized spacial score (nSPS) is 14.7. The van der Waals surface area contributed by atoms with E-state index in [0.717, 1.165) is 58.4 Å². The predicted octanol–water partition coefficient (Wildman–Crippen LogP) is 3.67. The van der Waals surface area contributed by atoms with Gasteiger partial charge in [0.25, 0.3) is 0 Å². The van der Waals surface area contributed by atoms with Gasteiger partial charge in [-0.1, -0.05) is 13.8 Å². The highest BCUT2D eigenvalue weighted by Crippen LogP contribution is 2.37. The number of benzene rings is 1. The molecule has 1 fully saturated rings. The van der Waals surface area contributed by atoms with Crippen LogP contribution in [0, 0.1) is 5.92 Å². The highest BCUT2D eigenvalue weighted by molar-refractivity contribution is 7.22. The zero-order valence-corrected chi connectivity index (χ0v) is 17.2. The Kier molecular flexibility index (Phi) is 5.17. The first kappa shape index (κ1) is 18.7. The molecule has 1 aromatic carbocycles. The van der Waals surface area contributed by atoms with Crippen molar-refractivity contribution in [1.82, 2.24) is 14.9 Å². The van der Waals surface area contributed by atoms with E-state index in [2.05, 4.69) is 33.1 Å². The molecule has 0 N–H and O–H groups in total. The second kappa shape index (κ2) is 7.75. The summed E-state index contributed by atoms with van der Waals surface area (Å²) in [7, 11) is 1.67. The van der Waals surface area contributed by atoms with Crippen LogP contribution in [0.15, 0.2) is 36.7 Å².